The van der Waals surface area contributed by atoms with E-state index in [2.05, 4.69) is 41.2 Å². The van der Waals surface area contributed by atoms with Gasteiger partial charge in [-0.05, 0) is 23.3 Å². The van der Waals surface area contributed by atoms with Crippen LogP contribution in [0.25, 0.3) is 10.9 Å². The minimum atomic E-state index is 0.227. The Hall–Kier alpha value is -1.77. The average molecular weight is 272 g/mol. The van der Waals surface area contributed by atoms with Crippen LogP contribution in [-0.4, -0.2) is 11.5 Å². The summed E-state index contributed by atoms with van der Waals surface area (Å²) in [4.78, 5) is 3.32. The summed E-state index contributed by atoms with van der Waals surface area (Å²) in [7, 11) is 0. The van der Waals surface area contributed by atoms with Crippen molar-refractivity contribution < 1.29 is 5.73 Å². The van der Waals surface area contributed by atoms with Crippen LogP contribution in [0.2, 0.25) is 5.02 Å². The van der Waals surface area contributed by atoms with Gasteiger partial charge in [-0.2, -0.15) is 0 Å². The summed E-state index contributed by atoms with van der Waals surface area (Å²) < 4.78 is 0. The minimum absolute atomic E-state index is 0.227. The third-order valence-corrected chi connectivity index (χ3v) is 3.91. The quantitative estimate of drug-likeness (QED) is 0.735. The van der Waals surface area contributed by atoms with E-state index < -0.39 is 0 Å². The van der Waals surface area contributed by atoms with E-state index in [1.807, 2.05) is 24.3 Å². The van der Waals surface area contributed by atoms with Gasteiger partial charge in [-0.3, -0.25) is 0 Å². The zero-order valence-electron chi connectivity index (χ0n) is 10.6. The smallest absolute Gasteiger partial charge is 0.0852 e. The highest BCUT2D eigenvalue weighted by Gasteiger charge is 2.20. The van der Waals surface area contributed by atoms with E-state index in [0.29, 0.717) is 0 Å². The zero-order valence-corrected chi connectivity index (χ0v) is 11.3. The van der Waals surface area contributed by atoms with Crippen molar-refractivity contribution in [3.8, 4) is 0 Å². The van der Waals surface area contributed by atoms with Crippen molar-refractivity contribution in [2.24, 2.45) is 0 Å². The van der Waals surface area contributed by atoms with Gasteiger partial charge in [0.05, 0.1) is 12.5 Å². The lowest BCUT2D eigenvalue weighted by atomic mass is 9.91. The van der Waals surface area contributed by atoms with E-state index in [1.54, 1.807) is 0 Å². The Morgan fingerprint density at radius 3 is 2.53 bits per heavy atom. The normalized spacial score (nSPS) is 12.7. The number of para-hydroxylation sites is 1. The second-order valence-corrected chi connectivity index (χ2v) is 5.06. The van der Waals surface area contributed by atoms with Gasteiger partial charge in [0.1, 0.15) is 0 Å². The van der Waals surface area contributed by atoms with E-state index in [0.717, 1.165) is 22.6 Å². The van der Waals surface area contributed by atoms with Crippen molar-refractivity contribution in [3.05, 3.63) is 70.9 Å². The number of aromatic nitrogens is 1. The standard InChI is InChI=1S/C16H15ClN2/c17-15-7-3-1-5-11(15)13(9-18)14-10-19-16-8-4-2-6-12(14)16/h1-8,10,13,19H,9,18H2/p+1/t13-/m1/s1. The molecule has 0 amide bonds. The number of halogens is 1. The zero-order chi connectivity index (χ0) is 13.2. The fraction of sp³-hybridized carbons (Fsp3) is 0.125. The molecule has 3 rings (SSSR count). The summed E-state index contributed by atoms with van der Waals surface area (Å²) in [6, 6.07) is 16.3. The molecule has 0 aliphatic heterocycles. The number of rotatable bonds is 3. The molecule has 4 N–H and O–H groups in total. The molecule has 0 saturated heterocycles. The molecule has 0 bridgehead atoms. The maximum absolute atomic E-state index is 6.33. The Morgan fingerprint density at radius 1 is 1.00 bits per heavy atom. The van der Waals surface area contributed by atoms with Gasteiger partial charge in [-0.25, -0.2) is 0 Å². The van der Waals surface area contributed by atoms with Gasteiger partial charge in [0.25, 0.3) is 0 Å². The topological polar surface area (TPSA) is 43.4 Å². The molecule has 1 aromatic heterocycles. The Kier molecular flexibility index (Phi) is 3.28. The molecule has 2 aromatic carbocycles. The molecule has 2 nitrogen and oxygen atoms in total. The molecule has 1 heterocycles. The van der Waals surface area contributed by atoms with E-state index in [4.69, 9.17) is 11.6 Å². The molecule has 0 unspecified atom stereocenters. The van der Waals surface area contributed by atoms with Crippen LogP contribution >= 0.6 is 11.6 Å². The van der Waals surface area contributed by atoms with Crippen LogP contribution in [0.4, 0.5) is 0 Å². The van der Waals surface area contributed by atoms with Crippen molar-refractivity contribution in [2.45, 2.75) is 5.92 Å². The van der Waals surface area contributed by atoms with Crippen molar-refractivity contribution in [1.82, 2.24) is 4.98 Å². The predicted molar refractivity (Wildman–Crippen MR) is 79.3 cm³/mol. The molecule has 0 aliphatic rings. The summed E-state index contributed by atoms with van der Waals surface area (Å²) in [5.74, 6) is 0.227. The molecule has 0 radical (unpaired) electrons. The largest absolute Gasteiger partial charge is 0.361 e. The molecule has 0 spiro atoms. The fourth-order valence-electron chi connectivity index (χ4n) is 2.62. The first-order valence-electron chi connectivity index (χ1n) is 6.41. The molecule has 0 saturated carbocycles. The molecular formula is C16H16ClN2+. The minimum Gasteiger partial charge on any atom is -0.361 e. The lowest BCUT2D eigenvalue weighted by molar-refractivity contribution is -0.370. The maximum Gasteiger partial charge on any atom is 0.0852 e. The van der Waals surface area contributed by atoms with Crippen LogP contribution in [0.15, 0.2) is 54.7 Å². The van der Waals surface area contributed by atoms with Crippen molar-refractivity contribution >= 4 is 22.5 Å². The number of benzene rings is 2. The lowest BCUT2D eigenvalue weighted by Gasteiger charge is -2.14. The summed E-state index contributed by atoms with van der Waals surface area (Å²) in [6.45, 7) is 0.783. The van der Waals surface area contributed by atoms with Crippen LogP contribution in [0.5, 0.6) is 0 Å². The molecule has 3 heteroatoms. The van der Waals surface area contributed by atoms with Gasteiger partial charge < -0.3 is 10.7 Å². The fourth-order valence-corrected chi connectivity index (χ4v) is 2.89. The van der Waals surface area contributed by atoms with Gasteiger partial charge >= 0.3 is 0 Å². The molecule has 0 aliphatic carbocycles. The third-order valence-electron chi connectivity index (χ3n) is 3.57. The van der Waals surface area contributed by atoms with Crippen LogP contribution in [0.1, 0.15) is 17.0 Å². The summed E-state index contributed by atoms with van der Waals surface area (Å²) >= 11 is 6.33. The van der Waals surface area contributed by atoms with E-state index >= 15 is 0 Å². The first-order chi connectivity index (χ1) is 9.31. The molecule has 96 valence electrons. The highest BCUT2D eigenvalue weighted by molar-refractivity contribution is 6.31. The number of nitrogens with one attached hydrogen (secondary N) is 1. The van der Waals surface area contributed by atoms with Crippen LogP contribution in [0.3, 0.4) is 0 Å². The Balaban J connectivity index is 2.15. The van der Waals surface area contributed by atoms with Gasteiger partial charge in [0.15, 0.2) is 0 Å². The monoisotopic (exact) mass is 271 g/mol. The number of hydrogen-bond donors (Lipinski definition) is 2. The second kappa shape index (κ2) is 5.08. The average Bonchev–Trinajstić information content (AvgIpc) is 2.86. The number of quaternary nitrogens is 1. The maximum atomic E-state index is 6.33. The Labute approximate surface area is 117 Å². The third kappa shape index (κ3) is 2.14. The van der Waals surface area contributed by atoms with Crippen molar-refractivity contribution in [3.63, 3.8) is 0 Å². The SMILES string of the molecule is [NH3+]C[C@H](c1ccccc1Cl)c1c[nH]c2ccccc12. The Bertz CT molecular complexity index is 703. The summed E-state index contributed by atoms with van der Waals surface area (Å²) in [6.07, 6.45) is 2.07. The molecular weight excluding hydrogens is 256 g/mol. The highest BCUT2D eigenvalue weighted by Crippen LogP contribution is 2.33. The van der Waals surface area contributed by atoms with Crippen LogP contribution in [-0.2, 0) is 0 Å². The number of fused-ring (bicyclic) bond motifs is 1. The second-order valence-electron chi connectivity index (χ2n) is 4.65. The van der Waals surface area contributed by atoms with Crippen LogP contribution < -0.4 is 5.73 Å². The van der Waals surface area contributed by atoms with Gasteiger partial charge in [0.2, 0.25) is 0 Å². The predicted octanol–water partition coefficient (Wildman–Crippen LogP) is 3.20. The molecule has 3 aromatic rings. The summed E-state index contributed by atoms with van der Waals surface area (Å²) in [5.41, 5.74) is 7.65. The first kappa shape index (κ1) is 12.3. The lowest BCUT2D eigenvalue weighted by Crippen LogP contribution is -2.53. The number of aromatic amines is 1. The van der Waals surface area contributed by atoms with E-state index in [1.165, 1.54) is 10.9 Å². The van der Waals surface area contributed by atoms with Crippen molar-refractivity contribution in [2.75, 3.05) is 6.54 Å². The van der Waals surface area contributed by atoms with Crippen LogP contribution in [0, 0.1) is 0 Å². The molecule has 0 fully saturated rings. The van der Waals surface area contributed by atoms with E-state index in [-0.39, 0.29) is 5.92 Å². The van der Waals surface area contributed by atoms with Gasteiger partial charge in [-0.15, -0.1) is 0 Å². The number of hydrogen-bond acceptors (Lipinski definition) is 0. The molecule has 1 atom stereocenters. The number of H-pyrrole nitrogens is 1. The van der Waals surface area contributed by atoms with Gasteiger partial charge in [0, 0.05) is 22.1 Å². The van der Waals surface area contributed by atoms with E-state index in [9.17, 15) is 0 Å². The van der Waals surface area contributed by atoms with Gasteiger partial charge in [-0.1, -0.05) is 48.0 Å². The highest BCUT2D eigenvalue weighted by atomic mass is 35.5. The van der Waals surface area contributed by atoms with Crippen molar-refractivity contribution in [1.29, 1.82) is 0 Å². The first-order valence-corrected chi connectivity index (χ1v) is 6.78. The molecule has 19 heavy (non-hydrogen) atoms. The summed E-state index contributed by atoms with van der Waals surface area (Å²) in [5, 5.41) is 2.05. The Morgan fingerprint density at radius 2 is 1.74 bits per heavy atom.